The summed E-state index contributed by atoms with van der Waals surface area (Å²) < 4.78 is 0. The fourth-order valence-corrected chi connectivity index (χ4v) is 3.08. The number of hydrogen-bond donors (Lipinski definition) is 1. The number of anilines is 1. The van der Waals surface area contributed by atoms with Crippen LogP contribution in [0.25, 0.3) is 0 Å². The summed E-state index contributed by atoms with van der Waals surface area (Å²) >= 11 is 1.67. The van der Waals surface area contributed by atoms with Crippen molar-refractivity contribution < 1.29 is 5.11 Å². The first kappa shape index (κ1) is 11.6. The second kappa shape index (κ2) is 4.97. The van der Waals surface area contributed by atoms with Crippen LogP contribution in [0.3, 0.4) is 0 Å². The normalized spacial score (nSPS) is 25.7. The quantitative estimate of drug-likeness (QED) is 0.818. The van der Waals surface area contributed by atoms with Gasteiger partial charge in [-0.1, -0.05) is 6.08 Å². The van der Waals surface area contributed by atoms with Gasteiger partial charge in [0.25, 0.3) is 0 Å². The van der Waals surface area contributed by atoms with Gasteiger partial charge < -0.3 is 10.0 Å². The molecule has 0 amide bonds. The van der Waals surface area contributed by atoms with Gasteiger partial charge in [0, 0.05) is 30.1 Å². The molecule has 1 N–H and O–H groups in total. The van der Waals surface area contributed by atoms with E-state index >= 15 is 0 Å². The van der Waals surface area contributed by atoms with Crippen LogP contribution in [0, 0.1) is 5.41 Å². The average molecular weight is 238 g/mol. The van der Waals surface area contributed by atoms with Gasteiger partial charge in [0.2, 0.25) is 0 Å². The zero-order valence-corrected chi connectivity index (χ0v) is 10.2. The first-order valence-electron chi connectivity index (χ1n) is 5.66. The number of rotatable bonds is 4. The number of nitrogens with zero attached hydrogens (tertiary/aromatic N) is 2. The standard InChI is InChI=1S/C12H18N2OS/c1-2-4-12(10-15)5-3-7-14(9-12)11-13-6-8-16-11/h2,6,8,15H,1,3-5,7,9-10H2. The Bertz CT molecular complexity index is 339. The minimum Gasteiger partial charge on any atom is -0.396 e. The molecular formula is C12H18N2OS. The second-order valence-electron chi connectivity index (χ2n) is 4.49. The number of hydrogen-bond acceptors (Lipinski definition) is 4. The molecule has 1 aliphatic heterocycles. The van der Waals surface area contributed by atoms with Crippen LogP contribution in [-0.4, -0.2) is 29.8 Å². The van der Waals surface area contributed by atoms with Crippen LogP contribution in [0.1, 0.15) is 19.3 Å². The molecule has 0 aliphatic carbocycles. The number of allylic oxidation sites excluding steroid dienone is 1. The van der Waals surface area contributed by atoms with E-state index in [0.29, 0.717) is 0 Å². The molecule has 1 aliphatic rings. The van der Waals surface area contributed by atoms with Gasteiger partial charge in [-0.25, -0.2) is 4.98 Å². The van der Waals surface area contributed by atoms with Crippen LogP contribution in [0.15, 0.2) is 24.2 Å². The average Bonchev–Trinajstić information content (AvgIpc) is 2.83. The lowest BCUT2D eigenvalue weighted by Crippen LogP contribution is -2.45. The minimum atomic E-state index is -0.00826. The van der Waals surface area contributed by atoms with E-state index in [4.69, 9.17) is 0 Å². The summed E-state index contributed by atoms with van der Waals surface area (Å²) in [5.74, 6) is 0. The first-order chi connectivity index (χ1) is 7.79. The van der Waals surface area contributed by atoms with E-state index in [1.807, 2.05) is 17.7 Å². The third-order valence-corrected chi connectivity index (χ3v) is 4.10. The Kier molecular flexibility index (Phi) is 3.61. The monoisotopic (exact) mass is 238 g/mol. The topological polar surface area (TPSA) is 36.4 Å². The predicted octanol–water partition coefficient (Wildman–Crippen LogP) is 2.30. The maximum absolute atomic E-state index is 9.60. The number of aromatic nitrogens is 1. The van der Waals surface area contributed by atoms with Crippen molar-refractivity contribution in [2.75, 3.05) is 24.6 Å². The van der Waals surface area contributed by atoms with Crippen molar-refractivity contribution in [3.8, 4) is 0 Å². The summed E-state index contributed by atoms with van der Waals surface area (Å²) in [6.45, 7) is 5.97. The Balaban J connectivity index is 2.11. The van der Waals surface area contributed by atoms with Crippen LogP contribution < -0.4 is 4.90 Å². The first-order valence-corrected chi connectivity index (χ1v) is 6.54. The Hall–Kier alpha value is -0.870. The molecule has 0 saturated carbocycles. The molecule has 1 aromatic rings. The fourth-order valence-electron chi connectivity index (χ4n) is 2.41. The SMILES string of the molecule is C=CCC1(CO)CCCN(c2nccs2)C1. The van der Waals surface area contributed by atoms with Gasteiger partial charge in [0.05, 0.1) is 6.61 Å². The van der Waals surface area contributed by atoms with E-state index < -0.39 is 0 Å². The molecule has 1 unspecified atom stereocenters. The smallest absolute Gasteiger partial charge is 0.185 e. The van der Waals surface area contributed by atoms with E-state index in [-0.39, 0.29) is 12.0 Å². The Labute approximate surface area is 100 Å². The number of piperidine rings is 1. The third-order valence-electron chi connectivity index (χ3n) is 3.26. The van der Waals surface area contributed by atoms with Crippen molar-refractivity contribution in [3.63, 3.8) is 0 Å². The van der Waals surface area contributed by atoms with E-state index in [1.165, 1.54) is 0 Å². The van der Waals surface area contributed by atoms with Gasteiger partial charge in [-0.15, -0.1) is 17.9 Å². The third kappa shape index (κ3) is 2.28. The molecule has 1 aromatic heterocycles. The van der Waals surface area contributed by atoms with E-state index in [0.717, 1.165) is 37.5 Å². The number of aliphatic hydroxyl groups is 1. The number of aliphatic hydroxyl groups excluding tert-OH is 1. The van der Waals surface area contributed by atoms with Crippen LogP contribution in [-0.2, 0) is 0 Å². The van der Waals surface area contributed by atoms with Crippen LogP contribution >= 0.6 is 11.3 Å². The highest BCUT2D eigenvalue weighted by Gasteiger charge is 2.34. The summed E-state index contributed by atoms with van der Waals surface area (Å²) in [4.78, 5) is 6.62. The Morgan fingerprint density at radius 3 is 3.19 bits per heavy atom. The highest BCUT2D eigenvalue weighted by Crippen LogP contribution is 2.35. The van der Waals surface area contributed by atoms with Gasteiger partial charge >= 0.3 is 0 Å². The van der Waals surface area contributed by atoms with Gasteiger partial charge in [-0.2, -0.15) is 0 Å². The molecule has 0 bridgehead atoms. The molecule has 1 saturated heterocycles. The van der Waals surface area contributed by atoms with Crippen molar-refractivity contribution in [1.82, 2.24) is 4.98 Å². The molecule has 88 valence electrons. The summed E-state index contributed by atoms with van der Waals surface area (Å²) in [6.07, 6.45) is 6.83. The summed E-state index contributed by atoms with van der Waals surface area (Å²) in [6, 6.07) is 0. The molecule has 3 nitrogen and oxygen atoms in total. The summed E-state index contributed by atoms with van der Waals surface area (Å²) in [7, 11) is 0. The summed E-state index contributed by atoms with van der Waals surface area (Å²) in [5.41, 5.74) is -0.00826. The van der Waals surface area contributed by atoms with Crippen molar-refractivity contribution in [2.24, 2.45) is 5.41 Å². The van der Waals surface area contributed by atoms with E-state index in [2.05, 4.69) is 16.5 Å². The molecule has 4 heteroatoms. The van der Waals surface area contributed by atoms with E-state index in [9.17, 15) is 5.11 Å². The van der Waals surface area contributed by atoms with Crippen molar-refractivity contribution in [2.45, 2.75) is 19.3 Å². The number of thiazole rings is 1. The lowest BCUT2D eigenvalue weighted by atomic mass is 9.78. The zero-order chi connectivity index (χ0) is 11.4. The molecule has 2 rings (SSSR count). The molecule has 1 atom stereocenters. The molecule has 16 heavy (non-hydrogen) atoms. The largest absolute Gasteiger partial charge is 0.396 e. The maximum Gasteiger partial charge on any atom is 0.185 e. The Morgan fingerprint density at radius 1 is 1.69 bits per heavy atom. The fraction of sp³-hybridized carbons (Fsp3) is 0.583. The Morgan fingerprint density at radius 2 is 2.56 bits per heavy atom. The van der Waals surface area contributed by atoms with E-state index in [1.54, 1.807) is 11.3 Å². The van der Waals surface area contributed by atoms with Crippen molar-refractivity contribution >= 4 is 16.5 Å². The second-order valence-corrected chi connectivity index (χ2v) is 5.36. The van der Waals surface area contributed by atoms with Crippen molar-refractivity contribution in [3.05, 3.63) is 24.2 Å². The van der Waals surface area contributed by atoms with Crippen LogP contribution in [0.2, 0.25) is 0 Å². The lowest BCUT2D eigenvalue weighted by Gasteiger charge is -2.41. The predicted molar refractivity (Wildman–Crippen MR) is 67.9 cm³/mol. The van der Waals surface area contributed by atoms with Gasteiger partial charge in [-0.05, 0) is 19.3 Å². The zero-order valence-electron chi connectivity index (χ0n) is 9.43. The van der Waals surface area contributed by atoms with Gasteiger partial charge in [0.1, 0.15) is 0 Å². The molecule has 0 aromatic carbocycles. The highest BCUT2D eigenvalue weighted by molar-refractivity contribution is 7.13. The molecule has 1 fully saturated rings. The maximum atomic E-state index is 9.60. The van der Waals surface area contributed by atoms with Gasteiger partial charge in [0.15, 0.2) is 5.13 Å². The van der Waals surface area contributed by atoms with Crippen LogP contribution in [0.5, 0.6) is 0 Å². The van der Waals surface area contributed by atoms with Gasteiger partial charge in [-0.3, -0.25) is 0 Å². The molecule has 0 radical (unpaired) electrons. The van der Waals surface area contributed by atoms with Crippen molar-refractivity contribution in [1.29, 1.82) is 0 Å². The molecular weight excluding hydrogens is 220 g/mol. The summed E-state index contributed by atoms with van der Waals surface area (Å²) in [5, 5.41) is 12.7. The molecule has 2 heterocycles. The highest BCUT2D eigenvalue weighted by atomic mass is 32.1. The minimum absolute atomic E-state index is 0.00826. The molecule has 0 spiro atoms. The lowest BCUT2D eigenvalue weighted by molar-refractivity contribution is 0.108. The van der Waals surface area contributed by atoms with Crippen LogP contribution in [0.4, 0.5) is 5.13 Å².